The van der Waals surface area contributed by atoms with Crippen LogP contribution in [-0.2, 0) is 4.74 Å². The molecule has 0 spiro atoms. The average molecular weight is 414 g/mol. The SMILES string of the molecule is CC.CCCNCCOC.c1n[nH]cc1-c1c[nH]c2ncc(C3CCCCC3)cc12. The lowest BCUT2D eigenvalue weighted by molar-refractivity contribution is 0.199. The van der Waals surface area contributed by atoms with Crippen LogP contribution in [-0.4, -0.2) is 47.0 Å². The molecule has 30 heavy (non-hydrogen) atoms. The Balaban J connectivity index is 0.000000274. The monoisotopic (exact) mass is 413 g/mol. The maximum Gasteiger partial charge on any atom is 0.137 e. The Bertz CT molecular complexity index is 800. The zero-order valence-electron chi connectivity index (χ0n) is 19.1. The van der Waals surface area contributed by atoms with Gasteiger partial charge in [0, 0.05) is 48.8 Å². The minimum absolute atomic E-state index is 0.688. The summed E-state index contributed by atoms with van der Waals surface area (Å²) in [5, 5.41) is 11.3. The van der Waals surface area contributed by atoms with Gasteiger partial charge in [-0.3, -0.25) is 5.10 Å². The molecule has 6 heteroatoms. The number of nitrogens with zero attached hydrogens (tertiary/aromatic N) is 2. The quantitative estimate of drug-likeness (QED) is 0.437. The number of hydrogen-bond donors (Lipinski definition) is 3. The van der Waals surface area contributed by atoms with Gasteiger partial charge in [0.25, 0.3) is 0 Å². The van der Waals surface area contributed by atoms with Gasteiger partial charge in [0.15, 0.2) is 0 Å². The Labute approximate surface area is 181 Å². The number of aromatic nitrogens is 4. The lowest BCUT2D eigenvalue weighted by Gasteiger charge is -2.21. The third kappa shape index (κ3) is 6.96. The standard InChI is InChI=1S/C16H18N4.C6H15NO.C2H6/c1-2-4-11(5-3-1)12-6-14-15(13-8-19-20-9-13)10-18-16(14)17-7-12;1-3-4-7-5-6-8-2;1-2/h6-11H,1-5H2,(H,17,18)(H,19,20);7H,3-6H2,1-2H3;1-2H3. The summed E-state index contributed by atoms with van der Waals surface area (Å²) in [6.45, 7) is 9.05. The van der Waals surface area contributed by atoms with E-state index in [4.69, 9.17) is 4.74 Å². The van der Waals surface area contributed by atoms with E-state index in [1.54, 1.807) is 7.11 Å². The smallest absolute Gasteiger partial charge is 0.137 e. The molecule has 3 N–H and O–H groups in total. The highest BCUT2D eigenvalue weighted by molar-refractivity contribution is 5.93. The summed E-state index contributed by atoms with van der Waals surface area (Å²) in [6.07, 6.45) is 15.7. The van der Waals surface area contributed by atoms with Crippen molar-refractivity contribution in [3.8, 4) is 11.1 Å². The topological polar surface area (TPSA) is 78.6 Å². The second-order valence-electron chi connectivity index (χ2n) is 7.43. The molecule has 0 atom stereocenters. The number of H-pyrrole nitrogens is 2. The highest BCUT2D eigenvalue weighted by atomic mass is 16.5. The van der Waals surface area contributed by atoms with Gasteiger partial charge in [0.2, 0.25) is 0 Å². The largest absolute Gasteiger partial charge is 0.383 e. The molecule has 1 saturated carbocycles. The van der Waals surface area contributed by atoms with Gasteiger partial charge in [-0.25, -0.2) is 4.98 Å². The molecule has 4 rings (SSSR count). The zero-order chi connectivity index (χ0) is 21.6. The van der Waals surface area contributed by atoms with E-state index in [1.165, 1.54) is 55.0 Å². The van der Waals surface area contributed by atoms with Crippen LogP contribution in [0.4, 0.5) is 0 Å². The van der Waals surface area contributed by atoms with Crippen LogP contribution < -0.4 is 5.32 Å². The van der Waals surface area contributed by atoms with Crippen molar-refractivity contribution >= 4 is 11.0 Å². The summed E-state index contributed by atoms with van der Waals surface area (Å²) in [6, 6.07) is 2.32. The van der Waals surface area contributed by atoms with Crippen molar-refractivity contribution in [1.29, 1.82) is 0 Å². The maximum absolute atomic E-state index is 4.83. The van der Waals surface area contributed by atoms with E-state index in [-0.39, 0.29) is 0 Å². The number of fused-ring (bicyclic) bond motifs is 1. The molecule has 0 aromatic carbocycles. The number of aromatic amines is 2. The fourth-order valence-electron chi connectivity index (χ4n) is 3.79. The van der Waals surface area contributed by atoms with E-state index >= 15 is 0 Å². The van der Waals surface area contributed by atoms with Gasteiger partial charge in [0.05, 0.1) is 12.8 Å². The third-order valence-corrected chi connectivity index (χ3v) is 5.35. The summed E-state index contributed by atoms with van der Waals surface area (Å²) >= 11 is 0. The van der Waals surface area contributed by atoms with Crippen molar-refractivity contribution < 1.29 is 4.74 Å². The number of pyridine rings is 1. The molecular formula is C24H39N5O. The van der Waals surface area contributed by atoms with Gasteiger partial charge < -0.3 is 15.0 Å². The van der Waals surface area contributed by atoms with Crippen molar-refractivity contribution in [3.05, 3.63) is 36.4 Å². The maximum atomic E-state index is 4.83. The van der Waals surface area contributed by atoms with Gasteiger partial charge in [-0.05, 0) is 43.4 Å². The van der Waals surface area contributed by atoms with Gasteiger partial charge in [-0.1, -0.05) is 40.0 Å². The van der Waals surface area contributed by atoms with E-state index in [0.717, 1.165) is 30.9 Å². The Morgan fingerprint density at radius 3 is 2.57 bits per heavy atom. The predicted octanol–water partition coefficient (Wildman–Crippen LogP) is 5.66. The van der Waals surface area contributed by atoms with Gasteiger partial charge >= 0.3 is 0 Å². The average Bonchev–Trinajstić information content (AvgIpc) is 3.48. The van der Waals surface area contributed by atoms with Crippen LogP contribution in [0, 0.1) is 0 Å². The molecule has 3 aromatic rings. The first-order chi connectivity index (χ1) is 14.8. The molecule has 1 fully saturated rings. The Morgan fingerprint density at radius 1 is 1.10 bits per heavy atom. The highest BCUT2D eigenvalue weighted by Gasteiger charge is 2.17. The number of nitrogens with one attached hydrogen (secondary N) is 3. The van der Waals surface area contributed by atoms with Crippen molar-refractivity contribution in [2.75, 3.05) is 26.8 Å². The van der Waals surface area contributed by atoms with Gasteiger partial charge in [0.1, 0.15) is 5.65 Å². The lowest BCUT2D eigenvalue weighted by atomic mass is 9.84. The van der Waals surface area contributed by atoms with Crippen LogP contribution in [0.25, 0.3) is 22.2 Å². The first kappa shape index (κ1) is 24.1. The Morgan fingerprint density at radius 2 is 1.90 bits per heavy atom. The normalized spacial score (nSPS) is 14.0. The van der Waals surface area contributed by atoms with E-state index in [1.807, 2.05) is 38.6 Å². The molecule has 0 unspecified atom stereocenters. The molecule has 0 bridgehead atoms. The van der Waals surface area contributed by atoms with Crippen LogP contribution >= 0.6 is 0 Å². The molecule has 3 heterocycles. The van der Waals surface area contributed by atoms with Crippen molar-refractivity contribution in [2.24, 2.45) is 0 Å². The molecule has 0 amide bonds. The predicted molar refractivity (Wildman–Crippen MR) is 126 cm³/mol. The molecule has 0 radical (unpaired) electrons. The summed E-state index contributed by atoms with van der Waals surface area (Å²) in [5.41, 5.74) is 4.64. The number of ether oxygens (including phenoxy) is 1. The molecule has 0 aliphatic heterocycles. The fourth-order valence-corrected chi connectivity index (χ4v) is 3.79. The minimum Gasteiger partial charge on any atom is -0.383 e. The fraction of sp³-hybridized carbons (Fsp3) is 0.583. The second kappa shape index (κ2) is 13.9. The lowest BCUT2D eigenvalue weighted by Crippen LogP contribution is -2.19. The van der Waals surface area contributed by atoms with Gasteiger partial charge in [-0.15, -0.1) is 0 Å². The minimum atomic E-state index is 0.688. The van der Waals surface area contributed by atoms with Crippen molar-refractivity contribution in [2.45, 2.75) is 65.2 Å². The van der Waals surface area contributed by atoms with E-state index in [9.17, 15) is 0 Å². The number of rotatable bonds is 7. The summed E-state index contributed by atoms with van der Waals surface area (Å²) < 4.78 is 4.83. The molecule has 3 aromatic heterocycles. The third-order valence-electron chi connectivity index (χ3n) is 5.35. The Hall–Kier alpha value is -2.18. The first-order valence-electron chi connectivity index (χ1n) is 11.5. The second-order valence-corrected chi connectivity index (χ2v) is 7.43. The van der Waals surface area contributed by atoms with Crippen LogP contribution in [0.3, 0.4) is 0 Å². The number of hydrogen-bond acceptors (Lipinski definition) is 4. The van der Waals surface area contributed by atoms with E-state index in [0.29, 0.717) is 5.92 Å². The van der Waals surface area contributed by atoms with Crippen molar-refractivity contribution in [3.63, 3.8) is 0 Å². The van der Waals surface area contributed by atoms with Gasteiger partial charge in [-0.2, -0.15) is 5.10 Å². The van der Waals surface area contributed by atoms with Crippen LogP contribution in [0.1, 0.15) is 70.8 Å². The summed E-state index contributed by atoms with van der Waals surface area (Å²) in [4.78, 5) is 7.85. The van der Waals surface area contributed by atoms with Crippen LogP contribution in [0.15, 0.2) is 30.9 Å². The van der Waals surface area contributed by atoms with Crippen LogP contribution in [0.5, 0.6) is 0 Å². The Kier molecular flexibility index (Phi) is 11.2. The molecule has 6 nitrogen and oxygen atoms in total. The van der Waals surface area contributed by atoms with E-state index in [2.05, 4.69) is 38.5 Å². The van der Waals surface area contributed by atoms with E-state index < -0.39 is 0 Å². The summed E-state index contributed by atoms with van der Waals surface area (Å²) in [5.74, 6) is 0.688. The highest BCUT2D eigenvalue weighted by Crippen LogP contribution is 2.35. The number of methoxy groups -OCH3 is 1. The van der Waals surface area contributed by atoms with Crippen LogP contribution in [0.2, 0.25) is 0 Å². The molecule has 166 valence electrons. The molecule has 0 saturated heterocycles. The van der Waals surface area contributed by atoms with Crippen molar-refractivity contribution in [1.82, 2.24) is 25.5 Å². The first-order valence-corrected chi connectivity index (χ1v) is 11.5. The summed E-state index contributed by atoms with van der Waals surface area (Å²) in [7, 11) is 1.72. The molecule has 1 aliphatic carbocycles. The molecule has 1 aliphatic rings. The molecular weight excluding hydrogens is 374 g/mol. The zero-order valence-corrected chi connectivity index (χ0v) is 19.1.